The summed E-state index contributed by atoms with van der Waals surface area (Å²) in [5.74, 6) is 0.600. The second-order valence-electron chi connectivity index (χ2n) is 7.18. The van der Waals surface area contributed by atoms with Gasteiger partial charge in [-0.05, 0) is 5.92 Å². The SMILES string of the molecule is CCC(C)COCCOCCOCCOCCOCCOCCOCCOCCOCCF. The Bertz CT molecular complexity index is 354. The summed E-state index contributed by atoms with van der Waals surface area (Å²) in [7, 11) is 0. The Labute approximate surface area is 199 Å². The van der Waals surface area contributed by atoms with Crippen molar-refractivity contribution < 1.29 is 47.0 Å². The number of hydrogen-bond acceptors (Lipinski definition) is 9. The molecule has 0 N–H and O–H groups in total. The van der Waals surface area contributed by atoms with Gasteiger partial charge >= 0.3 is 0 Å². The quantitative estimate of drug-likeness (QED) is 0.148. The fraction of sp³-hybridized carbons (Fsp3) is 1.00. The predicted molar refractivity (Wildman–Crippen MR) is 123 cm³/mol. The van der Waals surface area contributed by atoms with E-state index >= 15 is 0 Å². The zero-order valence-corrected chi connectivity index (χ0v) is 20.8. The third-order valence-electron chi connectivity index (χ3n) is 4.30. The van der Waals surface area contributed by atoms with Crippen molar-refractivity contribution in [2.45, 2.75) is 20.3 Å². The van der Waals surface area contributed by atoms with E-state index in [-0.39, 0.29) is 6.61 Å². The van der Waals surface area contributed by atoms with Crippen LogP contribution in [0, 0.1) is 5.92 Å². The molecular weight excluding hydrogens is 439 g/mol. The lowest BCUT2D eigenvalue weighted by Gasteiger charge is -2.10. The van der Waals surface area contributed by atoms with Crippen LogP contribution in [0.3, 0.4) is 0 Å². The summed E-state index contributed by atoms with van der Waals surface area (Å²) in [6.07, 6.45) is 1.13. The molecule has 0 aliphatic rings. The third-order valence-corrected chi connectivity index (χ3v) is 4.30. The second-order valence-corrected chi connectivity index (χ2v) is 7.18. The lowest BCUT2D eigenvalue weighted by atomic mass is 10.1. The fourth-order valence-corrected chi connectivity index (χ4v) is 2.22. The van der Waals surface area contributed by atoms with Gasteiger partial charge in [0.05, 0.1) is 112 Å². The highest BCUT2D eigenvalue weighted by Crippen LogP contribution is 1.99. The average Bonchev–Trinajstić information content (AvgIpc) is 2.83. The van der Waals surface area contributed by atoms with E-state index < -0.39 is 6.67 Å². The first-order valence-electron chi connectivity index (χ1n) is 12.1. The smallest absolute Gasteiger partial charge is 0.113 e. The van der Waals surface area contributed by atoms with Crippen molar-refractivity contribution in [2.75, 3.05) is 126 Å². The maximum Gasteiger partial charge on any atom is 0.113 e. The van der Waals surface area contributed by atoms with E-state index in [1.807, 2.05) is 0 Å². The standard InChI is InChI=1S/C23H47FO9/c1-3-23(2)22-33-21-20-32-19-18-31-17-16-30-15-14-29-13-12-28-11-10-27-9-8-26-7-6-25-5-4-24/h23H,3-22H2,1-2H3. The van der Waals surface area contributed by atoms with Crippen LogP contribution in [0.1, 0.15) is 20.3 Å². The van der Waals surface area contributed by atoms with Crippen molar-refractivity contribution in [3.05, 3.63) is 0 Å². The minimum Gasteiger partial charge on any atom is -0.379 e. The van der Waals surface area contributed by atoms with Crippen molar-refractivity contribution in [3.8, 4) is 0 Å². The molecule has 1 atom stereocenters. The third kappa shape index (κ3) is 29.5. The fourth-order valence-electron chi connectivity index (χ4n) is 2.22. The molecule has 0 radical (unpaired) electrons. The minimum atomic E-state index is -0.468. The van der Waals surface area contributed by atoms with Gasteiger partial charge < -0.3 is 42.6 Å². The van der Waals surface area contributed by atoms with Crippen molar-refractivity contribution in [1.82, 2.24) is 0 Å². The molecule has 0 aromatic rings. The van der Waals surface area contributed by atoms with Crippen LogP contribution >= 0.6 is 0 Å². The van der Waals surface area contributed by atoms with Crippen molar-refractivity contribution >= 4 is 0 Å². The molecule has 0 rings (SSSR count). The summed E-state index contributed by atoms with van der Waals surface area (Å²) in [5, 5.41) is 0. The van der Waals surface area contributed by atoms with E-state index in [0.717, 1.165) is 13.0 Å². The van der Waals surface area contributed by atoms with Crippen LogP contribution in [0.4, 0.5) is 4.39 Å². The topological polar surface area (TPSA) is 83.1 Å². The van der Waals surface area contributed by atoms with E-state index in [9.17, 15) is 4.39 Å². The van der Waals surface area contributed by atoms with E-state index in [1.54, 1.807) is 0 Å². The van der Waals surface area contributed by atoms with Crippen LogP contribution in [0.25, 0.3) is 0 Å². The number of halogens is 1. The molecule has 0 aliphatic heterocycles. The molecule has 0 aliphatic carbocycles. The van der Waals surface area contributed by atoms with E-state index in [4.69, 9.17) is 42.6 Å². The Balaban J connectivity index is 3.01. The molecule has 0 heterocycles. The molecule has 0 amide bonds. The lowest BCUT2D eigenvalue weighted by Crippen LogP contribution is -2.15. The van der Waals surface area contributed by atoms with Crippen molar-refractivity contribution in [2.24, 2.45) is 5.92 Å². The molecule has 0 saturated carbocycles. The molecule has 10 heteroatoms. The molecule has 0 saturated heterocycles. The Hall–Kier alpha value is -0.430. The van der Waals surface area contributed by atoms with Crippen LogP contribution in [-0.2, 0) is 42.6 Å². The molecule has 9 nitrogen and oxygen atoms in total. The van der Waals surface area contributed by atoms with Gasteiger partial charge in [-0.2, -0.15) is 0 Å². The number of alkyl halides is 1. The van der Waals surface area contributed by atoms with Crippen molar-refractivity contribution in [3.63, 3.8) is 0 Å². The second kappa shape index (κ2) is 29.6. The largest absolute Gasteiger partial charge is 0.379 e. The molecule has 0 fully saturated rings. The molecule has 0 spiro atoms. The first-order chi connectivity index (χ1) is 16.3. The Morgan fingerprint density at radius 3 is 0.909 bits per heavy atom. The molecule has 1 unspecified atom stereocenters. The van der Waals surface area contributed by atoms with E-state index in [0.29, 0.717) is 112 Å². The van der Waals surface area contributed by atoms with Crippen LogP contribution in [0.15, 0.2) is 0 Å². The van der Waals surface area contributed by atoms with Gasteiger partial charge in [0, 0.05) is 6.61 Å². The van der Waals surface area contributed by atoms with Crippen LogP contribution < -0.4 is 0 Å². The number of ether oxygens (including phenoxy) is 9. The van der Waals surface area contributed by atoms with Crippen molar-refractivity contribution in [1.29, 1.82) is 0 Å². The number of rotatable bonds is 29. The highest BCUT2D eigenvalue weighted by atomic mass is 19.1. The summed E-state index contributed by atoms with van der Waals surface area (Å²) in [4.78, 5) is 0. The highest BCUT2D eigenvalue weighted by Gasteiger charge is 1.98. The van der Waals surface area contributed by atoms with Gasteiger partial charge in [0.2, 0.25) is 0 Å². The molecular formula is C23H47FO9. The zero-order valence-electron chi connectivity index (χ0n) is 20.8. The number of hydrogen-bond donors (Lipinski definition) is 0. The van der Waals surface area contributed by atoms with Crippen LogP contribution in [-0.4, -0.2) is 126 Å². The molecule has 0 aromatic heterocycles. The Morgan fingerprint density at radius 1 is 0.424 bits per heavy atom. The normalized spacial score (nSPS) is 12.5. The van der Waals surface area contributed by atoms with Gasteiger partial charge in [0.25, 0.3) is 0 Å². The molecule has 200 valence electrons. The zero-order chi connectivity index (χ0) is 24.1. The van der Waals surface area contributed by atoms with Gasteiger partial charge in [-0.25, -0.2) is 4.39 Å². The highest BCUT2D eigenvalue weighted by molar-refractivity contribution is 4.46. The molecule has 0 bridgehead atoms. The Kier molecular flexibility index (Phi) is 29.2. The van der Waals surface area contributed by atoms with E-state index in [2.05, 4.69) is 13.8 Å². The maximum atomic E-state index is 11.8. The monoisotopic (exact) mass is 486 g/mol. The first kappa shape index (κ1) is 32.6. The predicted octanol–water partition coefficient (Wildman–Crippen LogP) is 2.15. The van der Waals surface area contributed by atoms with Gasteiger partial charge in [-0.1, -0.05) is 20.3 Å². The Morgan fingerprint density at radius 2 is 0.667 bits per heavy atom. The average molecular weight is 487 g/mol. The summed E-state index contributed by atoms with van der Waals surface area (Å²) in [6, 6.07) is 0. The maximum absolute atomic E-state index is 11.8. The van der Waals surface area contributed by atoms with Gasteiger partial charge in [-0.3, -0.25) is 0 Å². The van der Waals surface area contributed by atoms with Crippen LogP contribution in [0.2, 0.25) is 0 Å². The van der Waals surface area contributed by atoms with Crippen LogP contribution in [0.5, 0.6) is 0 Å². The lowest BCUT2D eigenvalue weighted by molar-refractivity contribution is -0.0256. The van der Waals surface area contributed by atoms with E-state index in [1.165, 1.54) is 0 Å². The van der Waals surface area contributed by atoms with Gasteiger partial charge in [-0.15, -0.1) is 0 Å². The summed E-state index contributed by atoms with van der Waals surface area (Å²) in [6.45, 7) is 13.1. The minimum absolute atomic E-state index is 0.120. The van der Waals surface area contributed by atoms with Gasteiger partial charge in [0.15, 0.2) is 0 Å². The summed E-state index contributed by atoms with van der Waals surface area (Å²) in [5.41, 5.74) is 0. The molecule has 0 aromatic carbocycles. The summed E-state index contributed by atoms with van der Waals surface area (Å²) < 4.78 is 60.0. The van der Waals surface area contributed by atoms with Gasteiger partial charge in [0.1, 0.15) is 6.67 Å². The summed E-state index contributed by atoms with van der Waals surface area (Å²) >= 11 is 0. The molecule has 33 heavy (non-hydrogen) atoms. The first-order valence-corrected chi connectivity index (χ1v) is 12.1.